The Kier molecular flexibility index (Phi) is 4.25. The second-order valence-corrected chi connectivity index (χ2v) is 6.99. The molecule has 0 aromatic heterocycles. The Bertz CT molecular complexity index is 327. The van der Waals surface area contributed by atoms with Crippen LogP contribution < -0.4 is 10.6 Å². The molecule has 0 amide bonds. The Morgan fingerprint density at radius 3 is 2.32 bits per heavy atom. The topological polar surface area (TPSA) is 36.4 Å². The van der Waals surface area contributed by atoms with Crippen LogP contribution in [0, 0.1) is 29.6 Å². The smallest absolute Gasteiger partial charge is 0.191 e. The Hall–Kier alpha value is 0. The lowest BCUT2D eigenvalue weighted by Gasteiger charge is -2.54. The molecule has 3 nitrogen and oxygen atoms in total. The van der Waals surface area contributed by atoms with E-state index in [1.54, 1.807) is 6.42 Å². The number of guanidine groups is 1. The van der Waals surface area contributed by atoms with Crippen molar-refractivity contribution < 1.29 is 0 Å². The maximum Gasteiger partial charge on any atom is 0.191 e. The summed E-state index contributed by atoms with van der Waals surface area (Å²) in [5, 5.41) is 6.97. The average molecular weight is 375 g/mol. The first-order valence-electron chi connectivity index (χ1n) is 7.90. The van der Waals surface area contributed by atoms with Crippen molar-refractivity contribution in [2.75, 3.05) is 19.6 Å². The average Bonchev–Trinajstić information content (AvgIpc) is 2.38. The van der Waals surface area contributed by atoms with Crippen LogP contribution in [0.25, 0.3) is 0 Å². The predicted octanol–water partition coefficient (Wildman–Crippen LogP) is 2.62. The van der Waals surface area contributed by atoms with Gasteiger partial charge in [0, 0.05) is 19.6 Å². The van der Waals surface area contributed by atoms with Crippen molar-refractivity contribution in [2.45, 2.75) is 38.5 Å². The summed E-state index contributed by atoms with van der Waals surface area (Å²) < 4.78 is 0. The highest BCUT2D eigenvalue weighted by Gasteiger charge is 2.47. The number of aliphatic imine (C=N–C) groups is 1. The highest BCUT2D eigenvalue weighted by Crippen LogP contribution is 2.56. The highest BCUT2D eigenvalue weighted by molar-refractivity contribution is 14.0. The summed E-state index contributed by atoms with van der Waals surface area (Å²) in [6.45, 7) is 3.26. The maximum absolute atomic E-state index is 4.53. The number of nitrogens with one attached hydrogen (secondary N) is 2. The van der Waals surface area contributed by atoms with Gasteiger partial charge < -0.3 is 10.6 Å². The molecule has 5 aliphatic rings. The van der Waals surface area contributed by atoms with Gasteiger partial charge in [0.2, 0.25) is 0 Å². The molecule has 4 aliphatic carbocycles. The SMILES string of the molecule is C1CN=C(NCC2C3CC4CC(C3)CC2C4)NC1.I. The van der Waals surface area contributed by atoms with Gasteiger partial charge in [0.05, 0.1) is 0 Å². The Morgan fingerprint density at radius 2 is 1.74 bits per heavy atom. The summed E-state index contributed by atoms with van der Waals surface area (Å²) in [5.74, 6) is 6.23. The van der Waals surface area contributed by atoms with E-state index in [2.05, 4.69) is 15.6 Å². The van der Waals surface area contributed by atoms with E-state index in [1.165, 1.54) is 38.6 Å². The summed E-state index contributed by atoms with van der Waals surface area (Å²) in [7, 11) is 0. The molecule has 5 rings (SSSR count). The fraction of sp³-hybridized carbons (Fsp3) is 0.933. The largest absolute Gasteiger partial charge is 0.356 e. The minimum Gasteiger partial charge on any atom is -0.356 e. The summed E-state index contributed by atoms with van der Waals surface area (Å²) in [4.78, 5) is 4.53. The lowest BCUT2D eigenvalue weighted by Crippen LogP contribution is -2.51. The molecule has 4 fully saturated rings. The van der Waals surface area contributed by atoms with Gasteiger partial charge in [-0.3, -0.25) is 4.99 Å². The van der Waals surface area contributed by atoms with Crippen LogP contribution in [0.1, 0.15) is 38.5 Å². The molecule has 19 heavy (non-hydrogen) atoms. The molecule has 0 aromatic rings. The Balaban J connectivity index is 0.00000110. The van der Waals surface area contributed by atoms with Crippen molar-refractivity contribution in [3.8, 4) is 0 Å². The molecule has 1 aliphatic heterocycles. The zero-order valence-corrected chi connectivity index (χ0v) is 13.9. The van der Waals surface area contributed by atoms with Crippen LogP contribution in [0.4, 0.5) is 0 Å². The number of hydrogen-bond donors (Lipinski definition) is 2. The number of halogens is 1. The van der Waals surface area contributed by atoms with Gasteiger partial charge in [0.25, 0.3) is 0 Å². The van der Waals surface area contributed by atoms with E-state index in [0.717, 1.165) is 48.6 Å². The molecule has 0 spiro atoms. The molecule has 0 aromatic carbocycles. The lowest BCUT2D eigenvalue weighted by atomic mass is 9.52. The van der Waals surface area contributed by atoms with E-state index < -0.39 is 0 Å². The molecular formula is C15H26IN3. The third kappa shape index (κ3) is 2.74. The van der Waals surface area contributed by atoms with Gasteiger partial charge in [-0.25, -0.2) is 0 Å². The van der Waals surface area contributed by atoms with Crippen LogP contribution in [0.15, 0.2) is 4.99 Å². The van der Waals surface area contributed by atoms with Crippen molar-refractivity contribution in [1.82, 2.24) is 10.6 Å². The summed E-state index contributed by atoms with van der Waals surface area (Å²) in [6.07, 6.45) is 8.85. The molecule has 108 valence electrons. The molecule has 0 unspecified atom stereocenters. The van der Waals surface area contributed by atoms with Crippen LogP contribution in [-0.2, 0) is 0 Å². The van der Waals surface area contributed by atoms with Crippen molar-refractivity contribution in [1.29, 1.82) is 0 Å². The van der Waals surface area contributed by atoms with Gasteiger partial charge in [-0.15, -0.1) is 24.0 Å². The van der Waals surface area contributed by atoms with Crippen molar-refractivity contribution in [3.05, 3.63) is 0 Å². The van der Waals surface area contributed by atoms with E-state index in [1.807, 2.05) is 0 Å². The minimum absolute atomic E-state index is 0. The van der Waals surface area contributed by atoms with Crippen LogP contribution in [0.3, 0.4) is 0 Å². The van der Waals surface area contributed by atoms with E-state index in [4.69, 9.17) is 0 Å². The molecule has 0 radical (unpaired) electrons. The Morgan fingerprint density at radius 1 is 1.05 bits per heavy atom. The first-order chi connectivity index (χ1) is 8.88. The van der Waals surface area contributed by atoms with Crippen LogP contribution >= 0.6 is 24.0 Å². The van der Waals surface area contributed by atoms with Crippen LogP contribution in [0.2, 0.25) is 0 Å². The maximum atomic E-state index is 4.53. The van der Waals surface area contributed by atoms with Gasteiger partial charge in [0.15, 0.2) is 5.96 Å². The van der Waals surface area contributed by atoms with E-state index in [-0.39, 0.29) is 24.0 Å². The molecule has 4 heteroatoms. The quantitative estimate of drug-likeness (QED) is 0.728. The van der Waals surface area contributed by atoms with E-state index in [0.29, 0.717) is 0 Å². The second kappa shape index (κ2) is 5.78. The number of rotatable bonds is 2. The van der Waals surface area contributed by atoms with Crippen molar-refractivity contribution >= 4 is 29.9 Å². The zero-order valence-electron chi connectivity index (χ0n) is 11.6. The molecule has 1 heterocycles. The van der Waals surface area contributed by atoms with Gasteiger partial charge in [-0.2, -0.15) is 0 Å². The lowest BCUT2D eigenvalue weighted by molar-refractivity contribution is -0.0339. The summed E-state index contributed by atoms with van der Waals surface area (Å²) in [5.41, 5.74) is 0. The minimum atomic E-state index is 0. The van der Waals surface area contributed by atoms with E-state index in [9.17, 15) is 0 Å². The van der Waals surface area contributed by atoms with Crippen LogP contribution in [0.5, 0.6) is 0 Å². The van der Waals surface area contributed by atoms with Crippen molar-refractivity contribution in [2.24, 2.45) is 34.6 Å². The fourth-order valence-electron chi connectivity index (χ4n) is 5.24. The molecule has 0 saturated heterocycles. The first-order valence-corrected chi connectivity index (χ1v) is 7.90. The number of nitrogens with zero attached hydrogens (tertiary/aromatic N) is 1. The standard InChI is InChI=1S/C15H25N3.HI/c1-2-16-15(17-3-1)18-9-14-12-5-10-4-11(7-12)8-13(14)6-10;/h10-14H,1-9H2,(H2,16,17,18);1H. The summed E-state index contributed by atoms with van der Waals surface area (Å²) >= 11 is 0. The third-order valence-electron chi connectivity index (χ3n) is 5.82. The molecule has 4 saturated carbocycles. The molecule has 4 bridgehead atoms. The van der Waals surface area contributed by atoms with E-state index >= 15 is 0 Å². The second-order valence-electron chi connectivity index (χ2n) is 6.99. The summed E-state index contributed by atoms with van der Waals surface area (Å²) in [6, 6.07) is 0. The molecular weight excluding hydrogens is 349 g/mol. The predicted molar refractivity (Wildman–Crippen MR) is 88.9 cm³/mol. The van der Waals surface area contributed by atoms with Gasteiger partial charge in [-0.1, -0.05) is 0 Å². The fourth-order valence-corrected chi connectivity index (χ4v) is 5.24. The van der Waals surface area contributed by atoms with Gasteiger partial charge >= 0.3 is 0 Å². The monoisotopic (exact) mass is 375 g/mol. The molecule has 2 N–H and O–H groups in total. The normalized spacial score (nSPS) is 43.2. The number of hydrogen-bond acceptors (Lipinski definition) is 3. The third-order valence-corrected chi connectivity index (χ3v) is 5.82. The first kappa shape index (κ1) is 14.0. The Labute approximate surface area is 133 Å². The zero-order chi connectivity index (χ0) is 11.9. The molecule has 0 atom stereocenters. The van der Waals surface area contributed by atoms with Crippen molar-refractivity contribution in [3.63, 3.8) is 0 Å². The van der Waals surface area contributed by atoms with Crippen LogP contribution in [-0.4, -0.2) is 25.6 Å². The van der Waals surface area contributed by atoms with Gasteiger partial charge in [0.1, 0.15) is 0 Å². The highest BCUT2D eigenvalue weighted by atomic mass is 127. The van der Waals surface area contributed by atoms with Gasteiger partial charge in [-0.05, 0) is 68.1 Å².